The molecule has 2 amide bonds. The third kappa shape index (κ3) is 3.51. The van der Waals surface area contributed by atoms with Gasteiger partial charge in [0.05, 0.1) is 0 Å². The summed E-state index contributed by atoms with van der Waals surface area (Å²) in [7, 11) is 1.83. The van der Waals surface area contributed by atoms with Crippen molar-refractivity contribution in [3.63, 3.8) is 0 Å². The van der Waals surface area contributed by atoms with E-state index in [1.807, 2.05) is 11.9 Å². The van der Waals surface area contributed by atoms with E-state index in [0.29, 0.717) is 39.1 Å². The van der Waals surface area contributed by atoms with Crippen LogP contribution in [0.5, 0.6) is 0 Å². The van der Waals surface area contributed by atoms with Gasteiger partial charge < -0.3 is 15.1 Å². The summed E-state index contributed by atoms with van der Waals surface area (Å²) >= 11 is 0. The Balaban J connectivity index is 2.30. The van der Waals surface area contributed by atoms with E-state index >= 15 is 0 Å². The molecule has 0 spiro atoms. The molecule has 0 aromatic rings. The minimum Gasteiger partial charge on any atom is -0.339 e. The highest BCUT2D eigenvalue weighted by molar-refractivity contribution is 5.77. The zero-order valence-corrected chi connectivity index (χ0v) is 9.45. The van der Waals surface area contributed by atoms with E-state index in [9.17, 15) is 9.59 Å². The molecule has 1 aliphatic rings. The first-order chi connectivity index (χ1) is 7.15. The molecule has 1 saturated heterocycles. The predicted molar refractivity (Wildman–Crippen MR) is 57.4 cm³/mol. The van der Waals surface area contributed by atoms with Crippen LogP contribution in [0.15, 0.2) is 0 Å². The summed E-state index contributed by atoms with van der Waals surface area (Å²) in [5.41, 5.74) is 0. The van der Waals surface area contributed by atoms with Crippen molar-refractivity contribution >= 4 is 11.8 Å². The Bertz CT molecular complexity index is 235. The molecule has 86 valence electrons. The van der Waals surface area contributed by atoms with Crippen molar-refractivity contribution in [3.8, 4) is 0 Å². The summed E-state index contributed by atoms with van der Waals surface area (Å²) in [4.78, 5) is 26.3. The van der Waals surface area contributed by atoms with Crippen molar-refractivity contribution in [2.24, 2.45) is 0 Å². The highest BCUT2D eigenvalue weighted by Gasteiger charge is 2.21. The lowest BCUT2D eigenvalue weighted by Crippen LogP contribution is -2.50. The first-order valence-corrected chi connectivity index (χ1v) is 5.33. The number of carbonyl (C=O) groups excluding carboxylic acids is 2. The van der Waals surface area contributed by atoms with Gasteiger partial charge in [0.25, 0.3) is 0 Å². The van der Waals surface area contributed by atoms with E-state index in [4.69, 9.17) is 0 Å². The van der Waals surface area contributed by atoms with Crippen molar-refractivity contribution in [1.29, 1.82) is 0 Å². The summed E-state index contributed by atoms with van der Waals surface area (Å²) in [6, 6.07) is 0. The number of piperazine rings is 1. The average Bonchev–Trinajstić information content (AvgIpc) is 2.26. The molecule has 5 heteroatoms. The van der Waals surface area contributed by atoms with Crippen LogP contribution in [0.2, 0.25) is 0 Å². The number of hydrogen-bond acceptors (Lipinski definition) is 3. The second-order valence-corrected chi connectivity index (χ2v) is 3.74. The lowest BCUT2D eigenvalue weighted by molar-refractivity contribution is -0.138. The van der Waals surface area contributed by atoms with Crippen LogP contribution in [0.25, 0.3) is 0 Å². The standard InChI is InChI=1S/C10H19N3O2/c1-9(14)12-5-7-13(8-6-12)10(15)3-4-11-2/h11H,3-8H2,1-2H3. The highest BCUT2D eigenvalue weighted by Crippen LogP contribution is 2.03. The van der Waals surface area contributed by atoms with Gasteiger partial charge in [-0.05, 0) is 7.05 Å². The smallest absolute Gasteiger partial charge is 0.223 e. The molecule has 15 heavy (non-hydrogen) atoms. The second kappa shape index (κ2) is 5.70. The van der Waals surface area contributed by atoms with Crippen molar-refractivity contribution in [1.82, 2.24) is 15.1 Å². The van der Waals surface area contributed by atoms with E-state index in [1.165, 1.54) is 0 Å². The molecule has 1 N–H and O–H groups in total. The largest absolute Gasteiger partial charge is 0.339 e. The van der Waals surface area contributed by atoms with Gasteiger partial charge in [-0.1, -0.05) is 0 Å². The number of hydrogen-bond donors (Lipinski definition) is 1. The van der Waals surface area contributed by atoms with Crippen LogP contribution in [0.3, 0.4) is 0 Å². The summed E-state index contributed by atoms with van der Waals surface area (Å²) in [6.07, 6.45) is 0.538. The fraction of sp³-hybridized carbons (Fsp3) is 0.800. The van der Waals surface area contributed by atoms with Gasteiger partial charge in [0.2, 0.25) is 11.8 Å². The third-order valence-corrected chi connectivity index (χ3v) is 2.67. The lowest BCUT2D eigenvalue weighted by atomic mass is 10.2. The number of nitrogens with zero attached hydrogens (tertiary/aromatic N) is 2. The zero-order valence-electron chi connectivity index (χ0n) is 9.45. The lowest BCUT2D eigenvalue weighted by Gasteiger charge is -2.34. The molecule has 0 aliphatic carbocycles. The van der Waals surface area contributed by atoms with Gasteiger partial charge in [0.1, 0.15) is 0 Å². The molecule has 1 rings (SSSR count). The Morgan fingerprint density at radius 1 is 1.13 bits per heavy atom. The van der Waals surface area contributed by atoms with Crippen molar-refractivity contribution < 1.29 is 9.59 Å². The van der Waals surface area contributed by atoms with E-state index in [-0.39, 0.29) is 11.8 Å². The third-order valence-electron chi connectivity index (χ3n) is 2.67. The monoisotopic (exact) mass is 213 g/mol. The normalized spacial score (nSPS) is 16.7. The summed E-state index contributed by atoms with van der Waals surface area (Å²) < 4.78 is 0. The van der Waals surface area contributed by atoms with Gasteiger partial charge in [-0.3, -0.25) is 9.59 Å². The molecule has 0 radical (unpaired) electrons. The zero-order chi connectivity index (χ0) is 11.3. The van der Waals surface area contributed by atoms with Gasteiger partial charge in [0, 0.05) is 46.1 Å². The molecule has 5 nitrogen and oxygen atoms in total. The van der Waals surface area contributed by atoms with Crippen LogP contribution < -0.4 is 5.32 Å². The minimum absolute atomic E-state index is 0.0947. The van der Waals surface area contributed by atoms with Crippen LogP contribution in [0.4, 0.5) is 0 Å². The molecule has 1 heterocycles. The predicted octanol–water partition coefficient (Wildman–Crippen LogP) is -0.713. The van der Waals surface area contributed by atoms with Gasteiger partial charge in [-0.15, -0.1) is 0 Å². The fourth-order valence-electron chi connectivity index (χ4n) is 1.66. The quantitative estimate of drug-likeness (QED) is 0.673. The SMILES string of the molecule is CNCCC(=O)N1CCN(C(C)=O)CC1. The van der Waals surface area contributed by atoms with E-state index in [2.05, 4.69) is 5.32 Å². The Kier molecular flexibility index (Phi) is 4.55. The number of nitrogens with one attached hydrogen (secondary N) is 1. The topological polar surface area (TPSA) is 52.7 Å². The molecule has 0 aromatic carbocycles. The first kappa shape index (κ1) is 12.0. The maximum atomic E-state index is 11.6. The molecule has 0 unspecified atom stereocenters. The molecule has 0 saturated carbocycles. The van der Waals surface area contributed by atoms with E-state index in [1.54, 1.807) is 11.8 Å². The summed E-state index contributed by atoms with van der Waals surface area (Å²) in [5, 5.41) is 2.95. The molecular weight excluding hydrogens is 194 g/mol. The molecule has 0 bridgehead atoms. The van der Waals surface area contributed by atoms with Crippen molar-refractivity contribution in [2.45, 2.75) is 13.3 Å². The maximum Gasteiger partial charge on any atom is 0.223 e. The number of rotatable bonds is 3. The number of carbonyl (C=O) groups is 2. The van der Waals surface area contributed by atoms with Gasteiger partial charge in [-0.2, -0.15) is 0 Å². The van der Waals surface area contributed by atoms with E-state index in [0.717, 1.165) is 0 Å². The maximum absolute atomic E-state index is 11.6. The summed E-state index contributed by atoms with van der Waals surface area (Å²) in [6.45, 7) is 4.95. The van der Waals surface area contributed by atoms with Crippen LogP contribution in [0, 0.1) is 0 Å². The van der Waals surface area contributed by atoms with Crippen LogP contribution in [0.1, 0.15) is 13.3 Å². The minimum atomic E-state index is 0.0947. The molecule has 1 fully saturated rings. The summed E-state index contributed by atoms with van der Waals surface area (Å²) in [5.74, 6) is 0.268. The van der Waals surface area contributed by atoms with Crippen LogP contribution in [-0.2, 0) is 9.59 Å². The Hall–Kier alpha value is -1.10. The van der Waals surface area contributed by atoms with Crippen LogP contribution in [-0.4, -0.2) is 61.4 Å². The second-order valence-electron chi connectivity index (χ2n) is 3.74. The van der Waals surface area contributed by atoms with E-state index < -0.39 is 0 Å². The molecule has 0 aromatic heterocycles. The van der Waals surface area contributed by atoms with Crippen LogP contribution >= 0.6 is 0 Å². The first-order valence-electron chi connectivity index (χ1n) is 5.33. The van der Waals surface area contributed by atoms with Gasteiger partial charge in [-0.25, -0.2) is 0 Å². The van der Waals surface area contributed by atoms with Gasteiger partial charge in [0.15, 0.2) is 0 Å². The molecule has 1 aliphatic heterocycles. The van der Waals surface area contributed by atoms with Gasteiger partial charge >= 0.3 is 0 Å². The fourth-order valence-corrected chi connectivity index (χ4v) is 1.66. The van der Waals surface area contributed by atoms with Crippen molar-refractivity contribution in [3.05, 3.63) is 0 Å². The Labute approximate surface area is 90.4 Å². The number of amides is 2. The Morgan fingerprint density at radius 3 is 2.13 bits per heavy atom. The van der Waals surface area contributed by atoms with Crippen molar-refractivity contribution in [2.75, 3.05) is 39.8 Å². The Morgan fingerprint density at radius 2 is 1.67 bits per heavy atom. The molecular formula is C10H19N3O2. The molecule has 0 atom stereocenters. The highest BCUT2D eigenvalue weighted by atomic mass is 16.2. The average molecular weight is 213 g/mol.